The van der Waals surface area contributed by atoms with Crippen LogP contribution in [0.3, 0.4) is 0 Å². The summed E-state index contributed by atoms with van der Waals surface area (Å²) in [5.74, 6) is -2.00. The third kappa shape index (κ3) is 7.83. The number of nitrogens with zero attached hydrogens (tertiary/aromatic N) is 1. The lowest BCUT2D eigenvalue weighted by Crippen LogP contribution is -2.44. The molecule has 3 rings (SSSR count). The second-order valence-corrected chi connectivity index (χ2v) is 9.19. The van der Waals surface area contributed by atoms with Crippen LogP contribution in [-0.2, 0) is 24.5 Å². The Morgan fingerprint density at radius 2 is 1.74 bits per heavy atom. The quantitative estimate of drug-likeness (QED) is 0.239. The molecule has 0 saturated carbocycles. The van der Waals surface area contributed by atoms with E-state index < -0.39 is 18.1 Å². The number of methoxy groups -OCH3 is 1. The van der Waals surface area contributed by atoms with Crippen LogP contribution in [0.25, 0.3) is 0 Å². The van der Waals surface area contributed by atoms with E-state index in [0.29, 0.717) is 26.3 Å². The summed E-state index contributed by atoms with van der Waals surface area (Å²) in [6.07, 6.45) is 1.74. The van der Waals surface area contributed by atoms with Gasteiger partial charge in [-0.05, 0) is 44.8 Å². The summed E-state index contributed by atoms with van der Waals surface area (Å²) < 4.78 is 57.4. The van der Waals surface area contributed by atoms with E-state index in [-0.39, 0.29) is 18.4 Å². The number of ether oxygens (including phenoxy) is 4. The van der Waals surface area contributed by atoms with Crippen molar-refractivity contribution in [1.29, 1.82) is 0 Å². The number of likely N-dealkylation sites (tertiary alicyclic amines) is 1. The smallest absolute Gasteiger partial charge is 0.491 e. The van der Waals surface area contributed by atoms with Gasteiger partial charge in [-0.15, -0.1) is 0 Å². The fourth-order valence-electron chi connectivity index (χ4n) is 4.59. The van der Waals surface area contributed by atoms with Gasteiger partial charge in [0.15, 0.2) is 0 Å². The molecule has 0 atom stereocenters. The Kier molecular flexibility index (Phi) is 9.80. The number of hydrogen-bond acceptors (Lipinski definition) is 7. The average Bonchev–Trinajstić information content (AvgIpc) is 3.17. The van der Waals surface area contributed by atoms with Crippen molar-refractivity contribution in [2.45, 2.75) is 63.0 Å². The molecule has 1 saturated heterocycles. The van der Waals surface area contributed by atoms with Gasteiger partial charge in [0.2, 0.25) is 0 Å². The Bertz CT molecular complexity index is 852. The van der Waals surface area contributed by atoms with Gasteiger partial charge in [-0.1, -0.05) is 25.3 Å². The van der Waals surface area contributed by atoms with Crippen LogP contribution < -0.4 is 9.47 Å². The number of esters is 2. The van der Waals surface area contributed by atoms with Crippen molar-refractivity contribution in [3.05, 3.63) is 23.8 Å². The molecule has 2 aliphatic rings. The maximum absolute atomic E-state index is 12.2. The number of rotatable bonds is 12. The number of halogens is 3. The van der Waals surface area contributed by atoms with Crippen molar-refractivity contribution in [1.82, 2.24) is 4.90 Å². The summed E-state index contributed by atoms with van der Waals surface area (Å²) in [5.41, 5.74) is 1.04. The monoisotopic (exact) mass is 501 g/mol. The molecule has 1 fully saturated rings. The van der Waals surface area contributed by atoms with Gasteiger partial charge in [-0.2, -0.15) is 13.2 Å². The lowest BCUT2D eigenvalue weighted by atomic mass is 9.74. The van der Waals surface area contributed by atoms with E-state index >= 15 is 0 Å². The van der Waals surface area contributed by atoms with Gasteiger partial charge in [0.05, 0.1) is 19.6 Å². The Morgan fingerprint density at radius 3 is 2.43 bits per heavy atom. The summed E-state index contributed by atoms with van der Waals surface area (Å²) >= 11 is 0. The maximum Gasteiger partial charge on any atom is 0.491 e. The molecule has 0 aromatic heterocycles. The summed E-state index contributed by atoms with van der Waals surface area (Å²) in [6, 6.07) is 5.99. The number of hydrogen-bond donors (Lipinski definition) is 0. The van der Waals surface area contributed by atoms with Crippen LogP contribution in [0.15, 0.2) is 18.2 Å². The van der Waals surface area contributed by atoms with E-state index in [1.165, 1.54) is 12.8 Å². The third-order valence-corrected chi connectivity index (χ3v) is 6.67. The molecule has 0 amide bonds. The van der Waals surface area contributed by atoms with Crippen molar-refractivity contribution in [2.24, 2.45) is 0 Å². The Balaban J connectivity index is 1.39. The molecular formula is C25H34F3NO6. The minimum atomic E-state index is -5.17. The van der Waals surface area contributed by atoms with Crippen molar-refractivity contribution in [3.8, 4) is 11.5 Å². The van der Waals surface area contributed by atoms with Crippen LogP contribution in [0.1, 0.15) is 56.9 Å². The van der Waals surface area contributed by atoms with Crippen molar-refractivity contribution >= 4 is 11.9 Å². The largest absolute Gasteiger partial charge is 0.493 e. The Hall–Kier alpha value is -2.33. The molecule has 1 aromatic carbocycles. The maximum atomic E-state index is 12.2. The van der Waals surface area contributed by atoms with Crippen LogP contribution in [0.4, 0.5) is 13.2 Å². The molecule has 0 unspecified atom stereocenters. The van der Waals surface area contributed by atoms with E-state index in [2.05, 4.69) is 10.8 Å². The Morgan fingerprint density at radius 1 is 1.06 bits per heavy atom. The lowest BCUT2D eigenvalue weighted by Gasteiger charge is -2.38. The SMILES string of the molecule is COCCCCCCCOc1ccc2c(c1)OCC21CCN(CCC(=O)OC(=O)C(F)(F)F)CC1. The second kappa shape index (κ2) is 12.6. The number of benzene rings is 1. The molecule has 196 valence electrons. The second-order valence-electron chi connectivity index (χ2n) is 9.19. The van der Waals surface area contributed by atoms with E-state index in [9.17, 15) is 22.8 Å². The van der Waals surface area contributed by atoms with Gasteiger partial charge in [-0.25, -0.2) is 4.79 Å². The molecule has 0 N–H and O–H groups in total. The van der Waals surface area contributed by atoms with Gasteiger partial charge < -0.3 is 23.8 Å². The van der Waals surface area contributed by atoms with E-state index in [1.807, 2.05) is 17.0 Å². The highest BCUT2D eigenvalue weighted by molar-refractivity contribution is 5.88. The first-order chi connectivity index (χ1) is 16.7. The topological polar surface area (TPSA) is 74.3 Å². The van der Waals surface area contributed by atoms with Crippen LogP contribution in [0.2, 0.25) is 0 Å². The minimum Gasteiger partial charge on any atom is -0.493 e. The number of piperidine rings is 1. The zero-order valence-electron chi connectivity index (χ0n) is 20.2. The zero-order chi connectivity index (χ0) is 25.3. The normalized spacial score (nSPS) is 17.1. The number of carbonyl (C=O) groups excluding carboxylic acids is 2. The molecule has 0 radical (unpaired) electrons. The highest BCUT2D eigenvalue weighted by Gasteiger charge is 2.44. The van der Waals surface area contributed by atoms with Crippen molar-refractivity contribution < 1.29 is 41.7 Å². The molecule has 1 spiro atoms. The van der Waals surface area contributed by atoms with E-state index in [1.54, 1.807) is 7.11 Å². The predicted molar refractivity (Wildman–Crippen MR) is 122 cm³/mol. The molecule has 0 aliphatic carbocycles. The third-order valence-electron chi connectivity index (χ3n) is 6.67. The van der Waals surface area contributed by atoms with Crippen LogP contribution in [-0.4, -0.2) is 69.6 Å². The highest BCUT2D eigenvalue weighted by atomic mass is 19.4. The first-order valence-electron chi connectivity index (χ1n) is 12.2. The average molecular weight is 502 g/mol. The molecule has 35 heavy (non-hydrogen) atoms. The number of carbonyl (C=O) groups is 2. The lowest BCUT2D eigenvalue weighted by molar-refractivity contribution is -0.201. The van der Waals surface area contributed by atoms with Crippen LogP contribution in [0, 0.1) is 0 Å². The van der Waals surface area contributed by atoms with Gasteiger partial charge in [0.1, 0.15) is 11.5 Å². The Labute approximate surface area is 203 Å². The van der Waals surface area contributed by atoms with Crippen LogP contribution in [0.5, 0.6) is 11.5 Å². The number of alkyl halides is 3. The molecule has 0 bridgehead atoms. The van der Waals surface area contributed by atoms with Crippen LogP contribution >= 0.6 is 0 Å². The predicted octanol–water partition coefficient (Wildman–Crippen LogP) is 4.41. The first-order valence-corrected chi connectivity index (χ1v) is 12.2. The number of unbranched alkanes of at least 4 members (excludes halogenated alkanes) is 4. The fourth-order valence-corrected chi connectivity index (χ4v) is 4.59. The fraction of sp³-hybridized carbons (Fsp3) is 0.680. The molecule has 7 nitrogen and oxygen atoms in total. The summed E-state index contributed by atoms with van der Waals surface area (Å²) in [6.45, 7) is 3.64. The zero-order valence-corrected chi connectivity index (χ0v) is 20.2. The van der Waals surface area contributed by atoms with Gasteiger partial charge >= 0.3 is 18.1 Å². The molecular weight excluding hydrogens is 467 g/mol. The van der Waals surface area contributed by atoms with E-state index in [0.717, 1.165) is 55.8 Å². The summed E-state index contributed by atoms with van der Waals surface area (Å²) in [4.78, 5) is 24.3. The highest BCUT2D eigenvalue weighted by Crippen LogP contribution is 2.46. The van der Waals surface area contributed by atoms with Gasteiger partial charge in [0, 0.05) is 37.3 Å². The molecule has 2 aliphatic heterocycles. The minimum absolute atomic E-state index is 0.112. The van der Waals surface area contributed by atoms with Gasteiger partial charge in [-0.3, -0.25) is 4.79 Å². The summed E-state index contributed by atoms with van der Waals surface area (Å²) in [5, 5.41) is 0. The first kappa shape index (κ1) is 27.3. The van der Waals surface area contributed by atoms with E-state index in [4.69, 9.17) is 14.2 Å². The van der Waals surface area contributed by atoms with Crippen molar-refractivity contribution in [3.63, 3.8) is 0 Å². The molecule has 2 heterocycles. The van der Waals surface area contributed by atoms with Gasteiger partial charge in [0.25, 0.3) is 0 Å². The number of fused-ring (bicyclic) bond motifs is 2. The standard InChI is InChI=1S/C25H34F3NO6/c1-32-15-5-3-2-4-6-16-33-19-7-8-20-21(17-19)34-18-24(20)10-13-29(14-11-24)12-9-22(30)35-23(31)25(26,27)28/h7-8,17H,2-6,9-16,18H2,1H3. The molecule has 10 heteroatoms. The summed E-state index contributed by atoms with van der Waals surface area (Å²) in [7, 11) is 1.72. The van der Waals surface area contributed by atoms with Crippen molar-refractivity contribution in [2.75, 3.05) is 46.6 Å². The molecule has 1 aromatic rings.